The number of nitrogens with two attached hydrogens (primary N) is 1. The Kier molecular flexibility index (Phi) is 4.65. The van der Waals surface area contributed by atoms with Crippen LogP contribution in [0.25, 0.3) is 0 Å². The Morgan fingerprint density at radius 3 is 2.53 bits per heavy atom. The minimum absolute atomic E-state index is 0.0857. The lowest BCUT2D eigenvalue weighted by molar-refractivity contribution is 0.303. The van der Waals surface area contributed by atoms with E-state index in [0.29, 0.717) is 12.4 Å². The lowest BCUT2D eigenvalue weighted by Crippen LogP contribution is -2.25. The summed E-state index contributed by atoms with van der Waals surface area (Å²) in [7, 11) is 1.88. The second kappa shape index (κ2) is 5.79. The standard InChI is InChI=1S/C11H21N5O/c1-7(2)9-13-10(15-12)8(3)11(14-9)16(4)5-6-17/h7,17H,5-6,12H2,1-4H3,(H,13,14,15). The Morgan fingerprint density at radius 1 is 1.41 bits per heavy atom. The lowest BCUT2D eigenvalue weighted by atomic mass is 10.2. The van der Waals surface area contributed by atoms with Crippen molar-refractivity contribution in [3.8, 4) is 0 Å². The number of hydrazine groups is 1. The van der Waals surface area contributed by atoms with Crippen molar-refractivity contribution in [1.82, 2.24) is 9.97 Å². The summed E-state index contributed by atoms with van der Waals surface area (Å²) in [5.74, 6) is 7.84. The van der Waals surface area contributed by atoms with Gasteiger partial charge in [0.25, 0.3) is 0 Å². The SMILES string of the molecule is Cc1c(NN)nc(C(C)C)nc1N(C)CCO. The highest BCUT2D eigenvalue weighted by atomic mass is 16.3. The lowest BCUT2D eigenvalue weighted by Gasteiger charge is -2.21. The molecule has 0 aliphatic rings. The minimum atomic E-state index is 0.0857. The molecule has 17 heavy (non-hydrogen) atoms. The number of rotatable bonds is 5. The third-order valence-corrected chi connectivity index (χ3v) is 2.59. The summed E-state index contributed by atoms with van der Waals surface area (Å²) in [6, 6.07) is 0. The van der Waals surface area contributed by atoms with Gasteiger partial charge in [0.15, 0.2) is 0 Å². The number of anilines is 2. The maximum atomic E-state index is 8.97. The van der Waals surface area contributed by atoms with E-state index in [1.165, 1.54) is 0 Å². The maximum absolute atomic E-state index is 8.97. The van der Waals surface area contributed by atoms with Crippen LogP contribution in [0.15, 0.2) is 0 Å². The second-order valence-electron chi connectivity index (χ2n) is 4.32. The van der Waals surface area contributed by atoms with Crippen LogP contribution in [0.2, 0.25) is 0 Å². The molecule has 0 saturated carbocycles. The topological polar surface area (TPSA) is 87.3 Å². The number of nitrogen functional groups attached to an aromatic ring is 1. The molecule has 1 heterocycles. The van der Waals surface area contributed by atoms with Crippen molar-refractivity contribution in [1.29, 1.82) is 0 Å². The van der Waals surface area contributed by atoms with Gasteiger partial charge in [0.1, 0.15) is 17.5 Å². The van der Waals surface area contributed by atoms with E-state index in [-0.39, 0.29) is 12.5 Å². The number of likely N-dealkylation sites (N-methyl/N-ethyl adjacent to an activating group) is 1. The molecule has 0 aliphatic heterocycles. The zero-order valence-corrected chi connectivity index (χ0v) is 10.9. The van der Waals surface area contributed by atoms with E-state index < -0.39 is 0 Å². The van der Waals surface area contributed by atoms with Gasteiger partial charge in [0, 0.05) is 25.1 Å². The molecule has 6 heteroatoms. The van der Waals surface area contributed by atoms with Crippen molar-refractivity contribution >= 4 is 11.6 Å². The van der Waals surface area contributed by atoms with Crippen LogP contribution >= 0.6 is 0 Å². The molecule has 1 aromatic heterocycles. The largest absolute Gasteiger partial charge is 0.395 e. The Labute approximate surface area is 102 Å². The van der Waals surface area contributed by atoms with Gasteiger partial charge in [-0.3, -0.25) is 0 Å². The number of nitrogens with zero attached hydrogens (tertiary/aromatic N) is 3. The van der Waals surface area contributed by atoms with Gasteiger partial charge in [-0.15, -0.1) is 0 Å². The van der Waals surface area contributed by atoms with Gasteiger partial charge in [-0.2, -0.15) is 0 Å². The summed E-state index contributed by atoms with van der Waals surface area (Å²) in [4.78, 5) is 10.8. The summed E-state index contributed by atoms with van der Waals surface area (Å²) in [6.07, 6.45) is 0. The molecule has 96 valence electrons. The van der Waals surface area contributed by atoms with Gasteiger partial charge in [0.2, 0.25) is 0 Å². The fourth-order valence-electron chi connectivity index (χ4n) is 1.55. The van der Waals surface area contributed by atoms with Crippen molar-refractivity contribution in [3.05, 3.63) is 11.4 Å². The molecule has 4 N–H and O–H groups in total. The molecule has 0 atom stereocenters. The van der Waals surface area contributed by atoms with Gasteiger partial charge in [0.05, 0.1) is 6.61 Å². The molecule has 1 rings (SSSR count). The summed E-state index contributed by atoms with van der Waals surface area (Å²) in [5, 5.41) is 8.97. The van der Waals surface area contributed by atoms with Crippen LogP contribution in [0.5, 0.6) is 0 Å². The number of hydrogen-bond acceptors (Lipinski definition) is 6. The van der Waals surface area contributed by atoms with E-state index in [9.17, 15) is 0 Å². The van der Waals surface area contributed by atoms with Crippen LogP contribution in [0.3, 0.4) is 0 Å². The zero-order chi connectivity index (χ0) is 13.0. The van der Waals surface area contributed by atoms with Crippen LogP contribution in [-0.2, 0) is 0 Å². The van der Waals surface area contributed by atoms with Crippen LogP contribution in [0.4, 0.5) is 11.6 Å². The summed E-state index contributed by atoms with van der Waals surface area (Å²) >= 11 is 0. The highest BCUT2D eigenvalue weighted by molar-refractivity contribution is 5.58. The molecule has 1 aromatic rings. The van der Waals surface area contributed by atoms with Crippen LogP contribution < -0.4 is 16.2 Å². The highest BCUT2D eigenvalue weighted by Crippen LogP contribution is 2.24. The Balaban J connectivity index is 3.22. The van der Waals surface area contributed by atoms with Crippen molar-refractivity contribution in [2.45, 2.75) is 26.7 Å². The monoisotopic (exact) mass is 239 g/mol. The molecule has 0 aromatic carbocycles. The van der Waals surface area contributed by atoms with E-state index in [1.807, 2.05) is 32.7 Å². The molecule has 0 unspecified atom stereocenters. The van der Waals surface area contributed by atoms with E-state index >= 15 is 0 Å². The van der Waals surface area contributed by atoms with E-state index in [0.717, 1.165) is 17.2 Å². The predicted molar refractivity (Wildman–Crippen MR) is 69.0 cm³/mol. The Morgan fingerprint density at radius 2 is 2.06 bits per heavy atom. The van der Waals surface area contributed by atoms with Crippen LogP contribution in [-0.4, -0.2) is 35.3 Å². The molecule has 0 fully saturated rings. The smallest absolute Gasteiger partial charge is 0.148 e. The van der Waals surface area contributed by atoms with E-state index in [2.05, 4.69) is 15.4 Å². The van der Waals surface area contributed by atoms with Gasteiger partial charge in [-0.25, -0.2) is 15.8 Å². The van der Waals surface area contributed by atoms with Crippen molar-refractivity contribution in [2.24, 2.45) is 5.84 Å². The molecule has 0 amide bonds. The fourth-order valence-corrected chi connectivity index (χ4v) is 1.55. The molecule has 0 bridgehead atoms. The Hall–Kier alpha value is -1.40. The molecular weight excluding hydrogens is 218 g/mol. The first-order valence-corrected chi connectivity index (χ1v) is 5.68. The molecule has 0 spiro atoms. The summed E-state index contributed by atoms with van der Waals surface area (Å²) in [6.45, 7) is 6.58. The normalized spacial score (nSPS) is 10.8. The third-order valence-electron chi connectivity index (χ3n) is 2.59. The van der Waals surface area contributed by atoms with E-state index in [1.54, 1.807) is 0 Å². The zero-order valence-electron chi connectivity index (χ0n) is 10.9. The highest BCUT2D eigenvalue weighted by Gasteiger charge is 2.15. The third kappa shape index (κ3) is 3.04. The maximum Gasteiger partial charge on any atom is 0.148 e. The average Bonchev–Trinajstić information content (AvgIpc) is 2.29. The molecule has 6 nitrogen and oxygen atoms in total. The Bertz CT molecular complexity index is 380. The first-order chi connectivity index (χ1) is 8.01. The number of aliphatic hydroxyl groups is 1. The first-order valence-electron chi connectivity index (χ1n) is 5.68. The number of hydrogen-bond donors (Lipinski definition) is 3. The number of aliphatic hydroxyl groups excluding tert-OH is 1. The molecule has 0 aliphatic carbocycles. The second-order valence-corrected chi connectivity index (χ2v) is 4.32. The van der Waals surface area contributed by atoms with Crippen molar-refractivity contribution in [2.75, 3.05) is 30.5 Å². The van der Waals surface area contributed by atoms with Gasteiger partial charge < -0.3 is 15.4 Å². The quantitative estimate of drug-likeness (QED) is 0.516. The fraction of sp³-hybridized carbons (Fsp3) is 0.636. The minimum Gasteiger partial charge on any atom is -0.395 e. The van der Waals surface area contributed by atoms with Crippen molar-refractivity contribution in [3.63, 3.8) is 0 Å². The molecule has 0 saturated heterocycles. The number of aromatic nitrogens is 2. The molecular formula is C11H21N5O. The number of nitrogens with one attached hydrogen (secondary N) is 1. The first kappa shape index (κ1) is 13.7. The average molecular weight is 239 g/mol. The summed E-state index contributed by atoms with van der Waals surface area (Å²) in [5.41, 5.74) is 3.47. The van der Waals surface area contributed by atoms with Gasteiger partial charge in [-0.1, -0.05) is 13.8 Å². The van der Waals surface area contributed by atoms with Crippen LogP contribution in [0.1, 0.15) is 31.2 Å². The van der Waals surface area contributed by atoms with E-state index in [4.69, 9.17) is 10.9 Å². The van der Waals surface area contributed by atoms with Crippen LogP contribution in [0, 0.1) is 6.92 Å². The summed E-state index contributed by atoms with van der Waals surface area (Å²) < 4.78 is 0. The van der Waals surface area contributed by atoms with Crippen molar-refractivity contribution < 1.29 is 5.11 Å². The van der Waals surface area contributed by atoms with Gasteiger partial charge in [-0.05, 0) is 6.92 Å². The molecule has 0 radical (unpaired) electrons. The predicted octanol–water partition coefficient (Wildman–Crippen LogP) is 0.623. The van der Waals surface area contributed by atoms with Gasteiger partial charge >= 0.3 is 0 Å².